The van der Waals surface area contributed by atoms with Gasteiger partial charge in [-0.2, -0.15) is 0 Å². The minimum atomic E-state index is -1.57. The lowest BCUT2D eigenvalue weighted by Gasteiger charge is -2.42. The van der Waals surface area contributed by atoms with Gasteiger partial charge in [-0.3, -0.25) is 4.79 Å². The van der Waals surface area contributed by atoms with Crippen LogP contribution < -0.4 is 5.73 Å². The molecule has 1 aliphatic rings. The zero-order chi connectivity index (χ0) is 15.9. The second kappa shape index (κ2) is 8.80. The molecule has 0 aliphatic carbocycles. The van der Waals surface area contributed by atoms with Gasteiger partial charge in [0.05, 0.1) is 13.2 Å². The Bertz CT molecular complexity index is 325. The highest BCUT2D eigenvalue weighted by atomic mass is 16.5. The number of nitrogens with two attached hydrogens (primary N) is 1. The van der Waals surface area contributed by atoms with Gasteiger partial charge in [-0.15, -0.1) is 0 Å². The van der Waals surface area contributed by atoms with Crippen LogP contribution >= 0.6 is 0 Å². The topological polar surface area (TPSA) is 113 Å². The molecule has 0 unspecified atom stereocenters. The molecule has 0 radical (unpaired) electrons. The highest BCUT2D eigenvalue weighted by Crippen LogP contribution is 2.25. The molecule has 0 aromatic heterocycles. The van der Waals surface area contributed by atoms with Gasteiger partial charge in [0.1, 0.15) is 23.9 Å². The number of aliphatic hydroxyl groups excluding tert-OH is 3. The molecule has 1 aliphatic heterocycles. The van der Waals surface area contributed by atoms with Crippen molar-refractivity contribution in [3.8, 4) is 0 Å². The van der Waals surface area contributed by atoms with E-state index in [1.54, 1.807) is 0 Å². The van der Waals surface area contributed by atoms with Gasteiger partial charge in [-0.1, -0.05) is 39.0 Å². The van der Waals surface area contributed by atoms with Crippen LogP contribution in [0, 0.1) is 0 Å². The highest BCUT2D eigenvalue weighted by molar-refractivity contribution is 5.89. The van der Waals surface area contributed by atoms with Gasteiger partial charge in [0.25, 0.3) is 0 Å². The largest absolute Gasteiger partial charge is 0.394 e. The van der Waals surface area contributed by atoms with E-state index < -0.39 is 30.5 Å². The van der Waals surface area contributed by atoms with Crippen molar-refractivity contribution in [2.75, 3.05) is 13.2 Å². The van der Waals surface area contributed by atoms with E-state index in [0.717, 1.165) is 19.3 Å². The van der Waals surface area contributed by atoms with Crippen molar-refractivity contribution >= 4 is 5.78 Å². The van der Waals surface area contributed by atoms with E-state index in [1.807, 2.05) is 0 Å². The molecule has 0 amide bonds. The van der Waals surface area contributed by atoms with Gasteiger partial charge >= 0.3 is 0 Å². The van der Waals surface area contributed by atoms with E-state index in [1.165, 1.54) is 19.3 Å². The summed E-state index contributed by atoms with van der Waals surface area (Å²) < 4.78 is 5.20. The number of aliphatic hydroxyl groups is 3. The molecule has 1 rings (SSSR count). The molecule has 0 bridgehead atoms. The summed E-state index contributed by atoms with van der Waals surface area (Å²) in [5.74, 6) is -0.291. The second-order valence-electron chi connectivity index (χ2n) is 5.95. The number of unbranched alkanes of at least 4 members (excludes halogenated alkanes) is 5. The molecule has 4 atom stereocenters. The number of hydrogen-bond acceptors (Lipinski definition) is 6. The Morgan fingerprint density at radius 2 is 1.86 bits per heavy atom. The predicted molar refractivity (Wildman–Crippen MR) is 78.8 cm³/mol. The van der Waals surface area contributed by atoms with Crippen LogP contribution in [0.1, 0.15) is 51.9 Å². The summed E-state index contributed by atoms with van der Waals surface area (Å²) in [6.07, 6.45) is 2.97. The molecule has 124 valence electrons. The van der Waals surface area contributed by atoms with E-state index in [2.05, 4.69) is 6.92 Å². The lowest BCUT2D eigenvalue weighted by atomic mass is 9.80. The molecular weight excluding hydrogens is 274 g/mol. The lowest BCUT2D eigenvalue weighted by molar-refractivity contribution is -0.187. The van der Waals surface area contributed by atoms with Gasteiger partial charge in [-0.25, -0.2) is 0 Å². The zero-order valence-corrected chi connectivity index (χ0v) is 12.8. The highest BCUT2D eigenvalue weighted by Gasteiger charge is 2.50. The number of ether oxygens (including phenoxy) is 1. The van der Waals surface area contributed by atoms with Crippen LogP contribution in [-0.2, 0) is 9.53 Å². The summed E-state index contributed by atoms with van der Waals surface area (Å²) in [4.78, 5) is 12.2. The SMILES string of the molecule is CCCCCCCCC(=O)[C@]1(N)CO[C@H](CO)[C@@H](O)[C@@H]1O. The number of carbonyl (C=O) groups is 1. The molecule has 0 spiro atoms. The third-order valence-corrected chi connectivity index (χ3v) is 4.22. The van der Waals surface area contributed by atoms with E-state index >= 15 is 0 Å². The first-order valence-electron chi connectivity index (χ1n) is 7.88. The molecule has 5 N–H and O–H groups in total. The van der Waals surface area contributed by atoms with Crippen molar-refractivity contribution in [3.63, 3.8) is 0 Å². The molecular formula is C15H29NO5. The molecule has 6 heteroatoms. The molecule has 1 saturated heterocycles. The maximum Gasteiger partial charge on any atom is 0.157 e. The fourth-order valence-electron chi connectivity index (χ4n) is 2.64. The monoisotopic (exact) mass is 303 g/mol. The van der Waals surface area contributed by atoms with Crippen LogP contribution in [0.2, 0.25) is 0 Å². The summed E-state index contributed by atoms with van der Waals surface area (Å²) in [5, 5.41) is 28.9. The minimum Gasteiger partial charge on any atom is -0.394 e. The van der Waals surface area contributed by atoms with Crippen LogP contribution in [-0.4, -0.2) is 58.2 Å². The second-order valence-corrected chi connectivity index (χ2v) is 5.95. The van der Waals surface area contributed by atoms with Gasteiger partial charge < -0.3 is 25.8 Å². The average molecular weight is 303 g/mol. The maximum atomic E-state index is 12.2. The Balaban J connectivity index is 2.41. The van der Waals surface area contributed by atoms with Crippen LogP contribution in [0.3, 0.4) is 0 Å². The summed E-state index contributed by atoms with van der Waals surface area (Å²) in [6.45, 7) is 1.56. The molecule has 0 saturated carbocycles. The minimum absolute atomic E-state index is 0.175. The van der Waals surface area contributed by atoms with Gasteiger partial charge in [-0.05, 0) is 6.42 Å². The molecule has 0 aromatic rings. The fourth-order valence-corrected chi connectivity index (χ4v) is 2.64. The standard InChI is InChI=1S/C15H29NO5/c1-2-3-4-5-6-7-8-12(18)15(16)10-21-11(9-17)13(19)14(15)20/h11,13-14,17,19-20H,2-10,16H2,1H3/t11-,13-,14+,15-/m1/s1. The van der Waals surface area contributed by atoms with Crippen molar-refractivity contribution in [1.82, 2.24) is 0 Å². The smallest absolute Gasteiger partial charge is 0.157 e. The molecule has 6 nitrogen and oxygen atoms in total. The van der Waals surface area contributed by atoms with Crippen molar-refractivity contribution in [2.24, 2.45) is 5.73 Å². The van der Waals surface area contributed by atoms with E-state index in [9.17, 15) is 15.0 Å². The Hall–Kier alpha value is -0.530. The van der Waals surface area contributed by atoms with Crippen molar-refractivity contribution in [3.05, 3.63) is 0 Å². The number of ketones is 1. The lowest BCUT2D eigenvalue weighted by Crippen LogP contribution is -2.70. The first-order valence-corrected chi connectivity index (χ1v) is 7.88. The van der Waals surface area contributed by atoms with Crippen molar-refractivity contribution in [1.29, 1.82) is 0 Å². The molecule has 0 aromatic carbocycles. The molecule has 1 fully saturated rings. The molecule has 1 heterocycles. The average Bonchev–Trinajstić information content (AvgIpc) is 2.48. The summed E-state index contributed by atoms with van der Waals surface area (Å²) >= 11 is 0. The Labute approximate surface area is 126 Å². The summed E-state index contributed by atoms with van der Waals surface area (Å²) in [5.41, 5.74) is 4.37. The normalized spacial score (nSPS) is 33.1. The van der Waals surface area contributed by atoms with Gasteiger partial charge in [0.15, 0.2) is 5.78 Å². The Morgan fingerprint density at radius 3 is 2.48 bits per heavy atom. The van der Waals surface area contributed by atoms with Crippen molar-refractivity contribution in [2.45, 2.75) is 75.7 Å². The van der Waals surface area contributed by atoms with Crippen molar-refractivity contribution < 1.29 is 24.9 Å². The van der Waals surface area contributed by atoms with E-state index in [-0.39, 0.29) is 18.8 Å². The number of carbonyl (C=O) groups excluding carboxylic acids is 1. The van der Waals surface area contributed by atoms with Gasteiger partial charge in [0.2, 0.25) is 0 Å². The first kappa shape index (κ1) is 18.5. The third-order valence-electron chi connectivity index (χ3n) is 4.22. The van der Waals surface area contributed by atoms with E-state index in [0.29, 0.717) is 0 Å². The fraction of sp³-hybridized carbons (Fsp3) is 0.933. The predicted octanol–water partition coefficient (Wildman–Crippen LogP) is 0.117. The number of Topliss-reactive ketones (excluding diaryl/α,β-unsaturated/α-hetero) is 1. The van der Waals surface area contributed by atoms with Crippen LogP contribution in [0.15, 0.2) is 0 Å². The summed E-state index contributed by atoms with van der Waals surface area (Å²) in [7, 11) is 0. The number of hydrogen-bond donors (Lipinski definition) is 4. The maximum absolute atomic E-state index is 12.2. The van der Waals surface area contributed by atoms with Gasteiger partial charge in [0, 0.05) is 6.42 Å². The summed E-state index contributed by atoms with van der Waals surface area (Å²) in [6, 6.07) is 0. The Kier molecular flexibility index (Phi) is 7.76. The van der Waals surface area contributed by atoms with Crippen LogP contribution in [0.4, 0.5) is 0 Å². The zero-order valence-electron chi connectivity index (χ0n) is 12.8. The third kappa shape index (κ3) is 4.72. The first-order chi connectivity index (χ1) is 9.97. The molecule has 21 heavy (non-hydrogen) atoms. The van der Waals surface area contributed by atoms with Crippen LogP contribution in [0.25, 0.3) is 0 Å². The quantitative estimate of drug-likeness (QED) is 0.450. The van der Waals surface area contributed by atoms with E-state index in [4.69, 9.17) is 15.6 Å². The van der Waals surface area contributed by atoms with Crippen LogP contribution in [0.5, 0.6) is 0 Å². The Morgan fingerprint density at radius 1 is 1.24 bits per heavy atom. The number of rotatable bonds is 9.